The van der Waals surface area contributed by atoms with Gasteiger partial charge in [0.05, 0.1) is 18.5 Å². The molecular weight excluding hydrogens is 432 g/mol. The van der Waals surface area contributed by atoms with Gasteiger partial charge >= 0.3 is 11.8 Å². The van der Waals surface area contributed by atoms with Gasteiger partial charge in [0.2, 0.25) is 0 Å². The van der Waals surface area contributed by atoms with Crippen LogP contribution in [-0.4, -0.2) is 24.6 Å². The lowest BCUT2D eigenvalue weighted by molar-refractivity contribution is -0.136. The first-order chi connectivity index (χ1) is 16.0. The van der Waals surface area contributed by atoms with Gasteiger partial charge in [-0.15, -0.1) is 0 Å². The lowest BCUT2D eigenvalue weighted by Gasteiger charge is -2.13. The van der Waals surface area contributed by atoms with Crippen molar-refractivity contribution in [1.29, 1.82) is 0 Å². The zero-order chi connectivity index (χ0) is 23.6. The van der Waals surface area contributed by atoms with Crippen LogP contribution in [0.5, 0.6) is 11.5 Å². The SMILES string of the molecule is CCOc1cc(C=NNC(=O)C(=O)Nc2ccccc2F)ccc1OCc1ccccc1F. The molecule has 0 spiro atoms. The highest BCUT2D eigenvalue weighted by atomic mass is 19.1. The van der Waals surface area contributed by atoms with Crippen LogP contribution in [0, 0.1) is 11.6 Å². The summed E-state index contributed by atoms with van der Waals surface area (Å²) in [6.45, 7) is 2.19. The number of rotatable bonds is 8. The third-order valence-corrected chi connectivity index (χ3v) is 4.32. The molecule has 9 heteroatoms. The van der Waals surface area contributed by atoms with Crippen LogP contribution in [0.2, 0.25) is 0 Å². The van der Waals surface area contributed by atoms with Gasteiger partial charge in [0.15, 0.2) is 11.5 Å². The molecule has 0 heterocycles. The first-order valence-corrected chi connectivity index (χ1v) is 10.00. The molecule has 0 radical (unpaired) electrons. The van der Waals surface area contributed by atoms with E-state index in [1.165, 1.54) is 30.5 Å². The standard InChI is InChI=1S/C24H21F2N3O4/c1-2-32-22-13-16(11-12-21(22)33-15-17-7-3-4-8-18(17)25)14-27-29-24(31)23(30)28-20-10-6-5-9-19(20)26/h3-14H,2,15H2,1H3,(H,28,30)(H,29,31). The number of nitrogens with one attached hydrogen (secondary N) is 2. The van der Waals surface area contributed by atoms with Crippen molar-refractivity contribution in [3.8, 4) is 11.5 Å². The molecule has 33 heavy (non-hydrogen) atoms. The fourth-order valence-electron chi connectivity index (χ4n) is 2.72. The van der Waals surface area contributed by atoms with Crippen molar-refractivity contribution in [2.24, 2.45) is 5.10 Å². The molecule has 0 aliphatic carbocycles. The Kier molecular flexibility index (Phi) is 8.07. The summed E-state index contributed by atoms with van der Waals surface area (Å²) in [5, 5.41) is 5.90. The second-order valence-electron chi connectivity index (χ2n) is 6.65. The molecule has 170 valence electrons. The highest BCUT2D eigenvalue weighted by Crippen LogP contribution is 2.29. The third-order valence-electron chi connectivity index (χ3n) is 4.32. The van der Waals surface area contributed by atoms with Crippen molar-refractivity contribution in [3.63, 3.8) is 0 Å². The van der Waals surface area contributed by atoms with E-state index in [-0.39, 0.29) is 18.1 Å². The van der Waals surface area contributed by atoms with Gasteiger partial charge in [-0.25, -0.2) is 14.2 Å². The van der Waals surface area contributed by atoms with Crippen molar-refractivity contribution < 1.29 is 27.8 Å². The van der Waals surface area contributed by atoms with Gasteiger partial charge in [0.1, 0.15) is 18.2 Å². The number of carbonyl (C=O) groups excluding carboxylic acids is 2. The van der Waals surface area contributed by atoms with Crippen LogP contribution in [0.3, 0.4) is 0 Å². The Balaban J connectivity index is 1.61. The van der Waals surface area contributed by atoms with E-state index in [0.717, 1.165) is 6.07 Å². The molecule has 0 unspecified atom stereocenters. The summed E-state index contributed by atoms with van der Waals surface area (Å²) in [6, 6.07) is 16.7. The molecule has 0 saturated carbocycles. The van der Waals surface area contributed by atoms with Crippen LogP contribution in [0.1, 0.15) is 18.1 Å². The zero-order valence-electron chi connectivity index (χ0n) is 17.7. The maximum atomic E-state index is 13.8. The molecule has 0 aliphatic heterocycles. The number of hydrazone groups is 1. The highest BCUT2D eigenvalue weighted by Gasteiger charge is 2.14. The van der Waals surface area contributed by atoms with Crippen LogP contribution >= 0.6 is 0 Å². The summed E-state index contributed by atoms with van der Waals surface area (Å²) in [5.41, 5.74) is 2.91. The minimum absolute atomic E-state index is 0.0212. The molecule has 3 aromatic rings. The monoisotopic (exact) mass is 453 g/mol. The van der Waals surface area contributed by atoms with Crippen molar-refractivity contribution in [1.82, 2.24) is 5.43 Å². The van der Waals surface area contributed by atoms with E-state index in [2.05, 4.69) is 15.8 Å². The second-order valence-corrected chi connectivity index (χ2v) is 6.65. The number of ether oxygens (including phenoxy) is 2. The quantitative estimate of drug-likeness (QED) is 0.306. The smallest absolute Gasteiger partial charge is 0.329 e. The largest absolute Gasteiger partial charge is 0.490 e. The Morgan fingerprint density at radius 1 is 0.909 bits per heavy atom. The zero-order valence-corrected chi connectivity index (χ0v) is 17.7. The van der Waals surface area contributed by atoms with E-state index in [1.54, 1.807) is 43.3 Å². The van der Waals surface area contributed by atoms with E-state index in [4.69, 9.17) is 9.47 Å². The lowest BCUT2D eigenvalue weighted by atomic mass is 10.2. The molecule has 0 fully saturated rings. The van der Waals surface area contributed by atoms with Gasteiger partial charge in [-0.05, 0) is 48.9 Å². The predicted octanol–water partition coefficient (Wildman–Crippen LogP) is 4.03. The van der Waals surface area contributed by atoms with Gasteiger partial charge in [-0.2, -0.15) is 5.10 Å². The third kappa shape index (κ3) is 6.60. The Morgan fingerprint density at radius 3 is 2.36 bits per heavy atom. The van der Waals surface area contributed by atoms with Crippen LogP contribution in [0.4, 0.5) is 14.5 Å². The van der Waals surface area contributed by atoms with E-state index < -0.39 is 17.6 Å². The Labute approximate surface area is 189 Å². The van der Waals surface area contributed by atoms with Crippen molar-refractivity contribution in [2.45, 2.75) is 13.5 Å². The summed E-state index contributed by atoms with van der Waals surface area (Å²) < 4.78 is 38.6. The number of nitrogens with zero attached hydrogens (tertiary/aromatic N) is 1. The van der Waals surface area contributed by atoms with E-state index in [1.807, 2.05) is 0 Å². The Morgan fingerprint density at radius 2 is 1.64 bits per heavy atom. The minimum Gasteiger partial charge on any atom is -0.490 e. The summed E-state index contributed by atoms with van der Waals surface area (Å²) in [6.07, 6.45) is 1.30. The summed E-state index contributed by atoms with van der Waals surface area (Å²) in [4.78, 5) is 23.8. The van der Waals surface area contributed by atoms with Gasteiger partial charge in [0.25, 0.3) is 0 Å². The molecule has 0 saturated heterocycles. The van der Waals surface area contributed by atoms with Gasteiger partial charge < -0.3 is 14.8 Å². The summed E-state index contributed by atoms with van der Waals surface area (Å²) in [5.74, 6) is -2.35. The molecule has 0 aromatic heterocycles. The summed E-state index contributed by atoms with van der Waals surface area (Å²) in [7, 11) is 0. The highest BCUT2D eigenvalue weighted by molar-refractivity contribution is 6.39. The molecule has 7 nitrogen and oxygen atoms in total. The number of para-hydroxylation sites is 1. The molecular formula is C24H21F2N3O4. The van der Waals surface area contributed by atoms with Gasteiger partial charge in [-0.1, -0.05) is 30.3 Å². The van der Waals surface area contributed by atoms with Crippen LogP contribution in [-0.2, 0) is 16.2 Å². The number of hydrogen-bond acceptors (Lipinski definition) is 5. The summed E-state index contributed by atoms with van der Waals surface area (Å²) >= 11 is 0. The molecule has 2 N–H and O–H groups in total. The number of hydrogen-bond donors (Lipinski definition) is 2. The number of amides is 2. The van der Waals surface area contributed by atoms with E-state index in [9.17, 15) is 18.4 Å². The molecule has 0 atom stereocenters. The molecule has 2 amide bonds. The number of carbonyl (C=O) groups is 2. The normalized spacial score (nSPS) is 10.6. The van der Waals surface area contributed by atoms with E-state index >= 15 is 0 Å². The average molecular weight is 453 g/mol. The maximum absolute atomic E-state index is 13.8. The van der Waals surface area contributed by atoms with Crippen LogP contribution in [0.25, 0.3) is 0 Å². The molecule has 3 aromatic carbocycles. The number of halogens is 2. The first-order valence-electron chi connectivity index (χ1n) is 10.00. The topological polar surface area (TPSA) is 89.0 Å². The van der Waals surface area contributed by atoms with Crippen molar-refractivity contribution in [3.05, 3.63) is 89.5 Å². The maximum Gasteiger partial charge on any atom is 0.329 e. The van der Waals surface area contributed by atoms with Gasteiger partial charge in [0, 0.05) is 5.56 Å². The van der Waals surface area contributed by atoms with Crippen molar-refractivity contribution in [2.75, 3.05) is 11.9 Å². The number of anilines is 1. The second kappa shape index (κ2) is 11.4. The lowest BCUT2D eigenvalue weighted by Crippen LogP contribution is -2.32. The fourth-order valence-corrected chi connectivity index (χ4v) is 2.72. The fraction of sp³-hybridized carbons (Fsp3) is 0.125. The molecule has 3 rings (SSSR count). The Bertz CT molecular complexity index is 1170. The Hall–Kier alpha value is -4.27. The predicted molar refractivity (Wildman–Crippen MR) is 119 cm³/mol. The molecule has 0 aliphatic rings. The first kappa shape index (κ1) is 23.4. The average Bonchev–Trinajstić information content (AvgIpc) is 2.81. The van der Waals surface area contributed by atoms with Crippen LogP contribution < -0.4 is 20.2 Å². The van der Waals surface area contributed by atoms with Gasteiger partial charge in [-0.3, -0.25) is 9.59 Å². The van der Waals surface area contributed by atoms with E-state index in [0.29, 0.717) is 29.2 Å². The molecule has 0 bridgehead atoms. The van der Waals surface area contributed by atoms with Crippen molar-refractivity contribution >= 4 is 23.7 Å². The number of benzene rings is 3. The minimum atomic E-state index is -1.07. The van der Waals surface area contributed by atoms with Crippen LogP contribution in [0.15, 0.2) is 71.8 Å².